The van der Waals surface area contributed by atoms with Gasteiger partial charge in [0.15, 0.2) is 11.4 Å². The number of nitrogens with one attached hydrogen (secondary N) is 1. The Labute approximate surface area is 209 Å². The Kier molecular flexibility index (Phi) is 7.10. The van der Waals surface area contributed by atoms with Gasteiger partial charge in [0.2, 0.25) is 0 Å². The molecule has 1 saturated heterocycles. The lowest BCUT2D eigenvalue weighted by atomic mass is 10.1. The van der Waals surface area contributed by atoms with Gasteiger partial charge in [-0.25, -0.2) is 4.52 Å². The lowest BCUT2D eigenvalue weighted by molar-refractivity contribution is -0.138. The average Bonchev–Trinajstić information content (AvgIpc) is 3.43. The Hall–Kier alpha value is -3.57. The van der Waals surface area contributed by atoms with Gasteiger partial charge in [-0.1, -0.05) is 0 Å². The maximum Gasteiger partial charge on any atom is 0.260 e. The van der Waals surface area contributed by atoms with Crippen molar-refractivity contribution in [2.75, 3.05) is 59.1 Å². The fraction of sp³-hybridized carbons (Fsp3) is 0.480. The number of hydrogen-bond acceptors (Lipinski definition) is 9. The smallest absolute Gasteiger partial charge is 0.260 e. The minimum Gasteiger partial charge on any atom is -0.497 e. The topological polar surface area (TPSA) is 109 Å². The van der Waals surface area contributed by atoms with E-state index in [2.05, 4.69) is 10.4 Å². The summed E-state index contributed by atoms with van der Waals surface area (Å²) in [5, 5.41) is 7.92. The molecule has 0 saturated carbocycles. The third-order valence-electron chi connectivity index (χ3n) is 6.37. The van der Waals surface area contributed by atoms with E-state index in [1.54, 1.807) is 31.1 Å². The van der Waals surface area contributed by atoms with Crippen LogP contribution in [0.25, 0.3) is 16.8 Å². The number of rotatable bonds is 7. The zero-order chi connectivity index (χ0) is 25.1. The number of anilines is 1. The van der Waals surface area contributed by atoms with Gasteiger partial charge in [-0.15, -0.1) is 0 Å². The Morgan fingerprint density at radius 1 is 1.22 bits per heavy atom. The predicted molar refractivity (Wildman–Crippen MR) is 132 cm³/mol. The van der Waals surface area contributed by atoms with E-state index in [9.17, 15) is 4.79 Å². The minimum absolute atomic E-state index is 0.0496. The Morgan fingerprint density at radius 3 is 2.92 bits per heavy atom. The van der Waals surface area contributed by atoms with Gasteiger partial charge >= 0.3 is 0 Å². The molecule has 1 aromatic carbocycles. The molecule has 4 heterocycles. The summed E-state index contributed by atoms with van der Waals surface area (Å²) in [4.78, 5) is 19.8. The molecule has 1 fully saturated rings. The summed E-state index contributed by atoms with van der Waals surface area (Å²) in [6.07, 6.45) is 3.53. The maximum atomic E-state index is 13.2. The molecule has 192 valence electrons. The largest absolute Gasteiger partial charge is 0.497 e. The first-order valence-electron chi connectivity index (χ1n) is 12.1. The zero-order valence-corrected chi connectivity index (χ0v) is 20.7. The third-order valence-corrected chi connectivity index (χ3v) is 6.37. The molecule has 2 atom stereocenters. The van der Waals surface area contributed by atoms with E-state index in [0.29, 0.717) is 62.4 Å². The van der Waals surface area contributed by atoms with Crippen LogP contribution in [-0.2, 0) is 14.3 Å². The number of benzene rings is 1. The average molecular weight is 498 g/mol. The number of fused-ring (bicyclic) bond motifs is 5. The third kappa shape index (κ3) is 4.76. The van der Waals surface area contributed by atoms with Crippen molar-refractivity contribution in [3.05, 3.63) is 30.6 Å². The number of hydrogen-bond donors (Lipinski definition) is 1. The minimum atomic E-state index is -0.531. The van der Waals surface area contributed by atoms with Crippen LogP contribution in [0.2, 0.25) is 0 Å². The molecule has 2 aliphatic rings. The van der Waals surface area contributed by atoms with Crippen molar-refractivity contribution in [2.24, 2.45) is 0 Å². The van der Waals surface area contributed by atoms with Crippen molar-refractivity contribution in [1.29, 1.82) is 0 Å². The normalized spacial score (nSPS) is 19.5. The van der Waals surface area contributed by atoms with Gasteiger partial charge in [-0.3, -0.25) is 4.79 Å². The number of methoxy groups -OCH3 is 2. The van der Waals surface area contributed by atoms with Gasteiger partial charge in [0.25, 0.3) is 11.8 Å². The SMILES string of the molecule is CCOc1cn2ncc3c2nc1OC[C@@H]1C[C@@H](OCCOC)C(=O)N1CCNc1cc(OC)cc-3c1. The highest BCUT2D eigenvalue weighted by Crippen LogP contribution is 2.34. The number of ether oxygens (including phenoxy) is 5. The van der Waals surface area contributed by atoms with E-state index in [0.717, 1.165) is 16.8 Å². The van der Waals surface area contributed by atoms with Crippen LogP contribution in [0.5, 0.6) is 17.4 Å². The van der Waals surface area contributed by atoms with Crippen molar-refractivity contribution in [2.45, 2.75) is 25.5 Å². The lowest BCUT2D eigenvalue weighted by Gasteiger charge is -2.25. The number of carbonyl (C=O) groups is 1. The molecule has 4 bridgehead atoms. The van der Waals surface area contributed by atoms with Gasteiger partial charge in [-0.05, 0) is 24.6 Å². The summed E-state index contributed by atoms with van der Waals surface area (Å²) < 4.78 is 30.1. The molecule has 2 aromatic heterocycles. The van der Waals surface area contributed by atoms with Crippen molar-refractivity contribution in [3.63, 3.8) is 0 Å². The molecule has 11 heteroatoms. The van der Waals surface area contributed by atoms with Crippen LogP contribution in [0.4, 0.5) is 5.69 Å². The predicted octanol–water partition coefficient (Wildman–Crippen LogP) is 2.24. The van der Waals surface area contributed by atoms with E-state index < -0.39 is 6.10 Å². The van der Waals surface area contributed by atoms with Crippen LogP contribution in [0, 0.1) is 0 Å². The van der Waals surface area contributed by atoms with Crippen molar-refractivity contribution in [1.82, 2.24) is 19.5 Å². The molecule has 0 aliphatic carbocycles. The molecule has 3 aromatic rings. The molecular weight excluding hydrogens is 466 g/mol. The summed E-state index contributed by atoms with van der Waals surface area (Å²) >= 11 is 0. The van der Waals surface area contributed by atoms with Crippen molar-refractivity contribution >= 4 is 17.2 Å². The van der Waals surface area contributed by atoms with Crippen molar-refractivity contribution < 1.29 is 28.5 Å². The monoisotopic (exact) mass is 497 g/mol. The van der Waals surface area contributed by atoms with Crippen LogP contribution in [-0.4, -0.2) is 91.3 Å². The van der Waals surface area contributed by atoms with E-state index >= 15 is 0 Å². The summed E-state index contributed by atoms with van der Waals surface area (Å²) in [5.41, 5.74) is 3.24. The fourth-order valence-corrected chi connectivity index (χ4v) is 4.61. The van der Waals surface area contributed by atoms with Crippen molar-refractivity contribution in [3.8, 4) is 28.5 Å². The second-order valence-electron chi connectivity index (χ2n) is 8.63. The molecule has 0 unspecified atom stereocenters. The van der Waals surface area contributed by atoms with Gasteiger partial charge < -0.3 is 33.9 Å². The first-order chi connectivity index (χ1) is 17.6. The van der Waals surface area contributed by atoms with Crippen LogP contribution < -0.4 is 19.5 Å². The fourth-order valence-electron chi connectivity index (χ4n) is 4.61. The Morgan fingerprint density at radius 2 is 2.11 bits per heavy atom. The number of aromatic nitrogens is 3. The Balaban J connectivity index is 1.54. The summed E-state index contributed by atoms with van der Waals surface area (Å²) in [6, 6.07) is 5.71. The molecule has 0 spiro atoms. The molecule has 11 nitrogen and oxygen atoms in total. The zero-order valence-electron chi connectivity index (χ0n) is 20.7. The van der Waals surface area contributed by atoms with Gasteiger partial charge in [0.05, 0.1) is 45.4 Å². The summed E-state index contributed by atoms with van der Waals surface area (Å²) in [6.45, 7) is 4.45. The number of nitrogens with zero attached hydrogens (tertiary/aromatic N) is 4. The summed E-state index contributed by atoms with van der Waals surface area (Å²) in [5.74, 6) is 1.50. The molecule has 1 amide bonds. The number of carbonyl (C=O) groups excluding carboxylic acids is 1. The quantitative estimate of drug-likeness (QED) is 0.492. The lowest BCUT2D eigenvalue weighted by Crippen LogP contribution is -2.41. The van der Waals surface area contributed by atoms with Gasteiger partial charge in [-0.2, -0.15) is 10.1 Å². The van der Waals surface area contributed by atoms with E-state index in [-0.39, 0.29) is 18.6 Å². The Bertz CT molecular complexity index is 1230. The van der Waals surface area contributed by atoms with Crippen LogP contribution >= 0.6 is 0 Å². The molecule has 2 aliphatic heterocycles. The first-order valence-corrected chi connectivity index (χ1v) is 12.1. The van der Waals surface area contributed by atoms with Crippen LogP contribution in [0.1, 0.15) is 13.3 Å². The molecule has 36 heavy (non-hydrogen) atoms. The standard InChI is InChI=1S/C25H31N5O6/c1-4-34-22-14-30-23-20(13-27-30)16-9-17(11-19(10-16)33-3)26-5-6-29-18(15-36-24(22)28-23)12-21(25(29)31)35-8-7-32-2/h9-11,13-14,18,21,26H,4-8,12,15H2,1-3H3/t18-,21+/m0/s1. The summed E-state index contributed by atoms with van der Waals surface area (Å²) in [7, 11) is 3.24. The highest BCUT2D eigenvalue weighted by atomic mass is 16.5. The van der Waals surface area contributed by atoms with Crippen LogP contribution in [0.15, 0.2) is 30.6 Å². The number of amides is 1. The highest BCUT2D eigenvalue weighted by Gasteiger charge is 2.40. The molecule has 5 rings (SSSR count). The van der Waals surface area contributed by atoms with E-state index in [4.69, 9.17) is 28.7 Å². The molecule has 0 radical (unpaired) electrons. The van der Waals surface area contributed by atoms with Crippen LogP contribution in [0.3, 0.4) is 0 Å². The van der Waals surface area contributed by atoms with Gasteiger partial charge in [0.1, 0.15) is 18.5 Å². The molecular formula is C25H31N5O6. The molecule has 1 N–H and O–H groups in total. The maximum absolute atomic E-state index is 13.2. The first kappa shape index (κ1) is 24.1. The van der Waals surface area contributed by atoms with E-state index in [1.165, 1.54) is 0 Å². The second-order valence-corrected chi connectivity index (χ2v) is 8.63. The second kappa shape index (κ2) is 10.6. The highest BCUT2D eigenvalue weighted by molar-refractivity contribution is 5.84. The van der Waals surface area contributed by atoms with Gasteiger partial charge in [0, 0.05) is 43.9 Å². The van der Waals surface area contributed by atoms with E-state index in [1.807, 2.05) is 30.0 Å².